The van der Waals surface area contributed by atoms with Crippen LogP contribution in [0.1, 0.15) is 141 Å². The van der Waals surface area contributed by atoms with Gasteiger partial charge in [-0.3, -0.25) is 19.2 Å². The largest absolute Gasteiger partial charge is 0.462 e. The van der Waals surface area contributed by atoms with E-state index in [1.54, 1.807) is 0 Å². The fraction of sp³-hybridized carbons (Fsp3) is 0.742. The number of rotatable bonds is 12. The van der Waals surface area contributed by atoms with Crippen LogP contribution in [-0.4, -0.2) is 94.6 Å². The smallest absolute Gasteiger partial charge is 0.330 e. The third kappa shape index (κ3) is 8.04. The first kappa shape index (κ1) is 52.1. The summed E-state index contributed by atoms with van der Waals surface area (Å²) in [6, 6.07) is 0. The summed E-state index contributed by atoms with van der Waals surface area (Å²) in [6.07, 6.45) is 27.2. The number of carbonyl (C=O) groups is 8. The SMILES string of the molecule is C=CC(=O)OC1(C2C3CC4OC(=O)C2C4C3)CC1.C=CC(=O)OC1(C2C3CC4OC(=O)C2C4C3)CCC1.C=CC(=O)OC1(C2C3CC4OC(=O)C2C4C3)CCCC1.C=CC(=O)OC1(C2C3CC4OC(=O)C2C4C3)CCCCC1. The van der Waals surface area contributed by atoms with Crippen molar-refractivity contribution in [3.05, 3.63) is 50.6 Å². The summed E-state index contributed by atoms with van der Waals surface area (Å²) in [7, 11) is 0. The lowest BCUT2D eigenvalue weighted by atomic mass is 9.62. The molecule has 16 aliphatic rings. The summed E-state index contributed by atoms with van der Waals surface area (Å²) in [6.45, 7) is 13.9. The minimum atomic E-state index is -0.456. The van der Waals surface area contributed by atoms with Crippen molar-refractivity contribution in [2.24, 2.45) is 94.7 Å². The molecule has 0 amide bonds. The topological polar surface area (TPSA) is 210 Å². The molecule has 0 aromatic heterocycles. The molecule has 0 spiro atoms. The van der Waals surface area contributed by atoms with E-state index >= 15 is 0 Å². The average molecular weight is 1080 g/mol. The molecule has 4 heterocycles. The van der Waals surface area contributed by atoms with Crippen LogP contribution in [0.3, 0.4) is 0 Å². The van der Waals surface area contributed by atoms with Gasteiger partial charge in [-0.25, -0.2) is 19.2 Å². The summed E-state index contributed by atoms with van der Waals surface area (Å²) in [5.41, 5.74) is -1.70. The van der Waals surface area contributed by atoms with Crippen molar-refractivity contribution in [3.63, 3.8) is 0 Å². The van der Waals surface area contributed by atoms with E-state index in [2.05, 4.69) is 26.3 Å². The minimum absolute atomic E-state index is 0.0196. The Hall–Kier alpha value is -5.28. The molecule has 16 heteroatoms. The molecule has 12 saturated carbocycles. The van der Waals surface area contributed by atoms with E-state index < -0.39 is 16.8 Å². The van der Waals surface area contributed by atoms with Crippen LogP contribution in [0.25, 0.3) is 0 Å². The summed E-state index contributed by atoms with van der Waals surface area (Å²) in [5.74, 6) is 2.42. The van der Waals surface area contributed by atoms with Crippen LogP contribution in [-0.2, 0) is 76.3 Å². The number of esters is 8. The second-order valence-corrected chi connectivity index (χ2v) is 26.6. The molecular formula is C62H76O16. The van der Waals surface area contributed by atoms with Crippen molar-refractivity contribution in [1.29, 1.82) is 0 Å². The summed E-state index contributed by atoms with van der Waals surface area (Å²) in [5, 5.41) is 0. The molecule has 0 radical (unpaired) electrons. The highest BCUT2D eigenvalue weighted by Crippen LogP contribution is 2.68. The van der Waals surface area contributed by atoms with Gasteiger partial charge < -0.3 is 37.9 Å². The Morgan fingerprint density at radius 3 is 0.795 bits per heavy atom. The van der Waals surface area contributed by atoms with E-state index in [0.717, 1.165) is 135 Å². The van der Waals surface area contributed by atoms with Crippen molar-refractivity contribution in [2.45, 2.75) is 188 Å². The van der Waals surface area contributed by atoms with Crippen LogP contribution in [0.4, 0.5) is 0 Å². The van der Waals surface area contributed by atoms with Crippen LogP contribution in [0.2, 0.25) is 0 Å². The van der Waals surface area contributed by atoms with E-state index in [4.69, 9.17) is 37.9 Å². The van der Waals surface area contributed by atoms with Gasteiger partial charge in [0.05, 0.1) is 23.7 Å². The zero-order valence-corrected chi connectivity index (χ0v) is 44.8. The molecule has 420 valence electrons. The molecule has 8 bridgehead atoms. The maximum atomic E-state index is 12.3. The Labute approximate surface area is 455 Å². The van der Waals surface area contributed by atoms with Crippen molar-refractivity contribution in [1.82, 2.24) is 0 Å². The highest BCUT2D eigenvalue weighted by Gasteiger charge is 2.73. The lowest BCUT2D eigenvalue weighted by molar-refractivity contribution is -0.183. The molecule has 20 atom stereocenters. The molecule has 4 saturated heterocycles. The quantitative estimate of drug-likeness (QED) is 0.103. The van der Waals surface area contributed by atoms with Crippen LogP contribution in [0.5, 0.6) is 0 Å². The van der Waals surface area contributed by atoms with Gasteiger partial charge in [0.2, 0.25) is 0 Å². The first-order valence-electron chi connectivity index (χ1n) is 29.8. The summed E-state index contributed by atoms with van der Waals surface area (Å²) >= 11 is 0. The second kappa shape index (κ2) is 19.2. The first-order chi connectivity index (χ1) is 37.6. The molecule has 0 aromatic carbocycles. The number of hydrogen-bond donors (Lipinski definition) is 0. The number of carbonyl (C=O) groups excluding carboxylic acids is 8. The molecule has 0 aromatic rings. The Morgan fingerprint density at radius 1 is 0.346 bits per heavy atom. The fourth-order valence-corrected chi connectivity index (χ4v) is 20.7. The van der Waals surface area contributed by atoms with E-state index in [1.165, 1.54) is 30.7 Å². The normalized spacial score (nSPS) is 44.1. The third-order valence-corrected chi connectivity index (χ3v) is 23.3. The average Bonchev–Trinajstić information content (AvgIpc) is 4.36. The molecule has 12 aliphatic carbocycles. The summed E-state index contributed by atoms with van der Waals surface area (Å²) in [4.78, 5) is 95.2. The highest BCUT2D eigenvalue weighted by atomic mass is 16.6. The van der Waals surface area contributed by atoms with Crippen molar-refractivity contribution in [2.75, 3.05) is 0 Å². The zero-order chi connectivity index (χ0) is 54.2. The predicted molar refractivity (Wildman–Crippen MR) is 273 cm³/mol. The number of ether oxygens (including phenoxy) is 8. The van der Waals surface area contributed by atoms with Gasteiger partial charge in [-0.1, -0.05) is 32.7 Å². The van der Waals surface area contributed by atoms with E-state index in [9.17, 15) is 38.4 Å². The van der Waals surface area contributed by atoms with Crippen LogP contribution in [0.15, 0.2) is 50.6 Å². The van der Waals surface area contributed by atoms with Crippen LogP contribution < -0.4 is 0 Å². The van der Waals surface area contributed by atoms with Crippen LogP contribution >= 0.6 is 0 Å². The highest BCUT2D eigenvalue weighted by molar-refractivity contribution is 5.84. The zero-order valence-electron chi connectivity index (χ0n) is 44.8. The van der Waals surface area contributed by atoms with Gasteiger partial charge in [0.15, 0.2) is 0 Å². The van der Waals surface area contributed by atoms with E-state index in [-0.39, 0.29) is 125 Å². The van der Waals surface area contributed by atoms with Gasteiger partial charge in [-0.05, 0) is 159 Å². The molecule has 0 N–H and O–H groups in total. The maximum absolute atomic E-state index is 12.3. The lowest BCUT2D eigenvalue weighted by Gasteiger charge is -2.49. The third-order valence-electron chi connectivity index (χ3n) is 23.3. The van der Waals surface area contributed by atoms with Gasteiger partial charge in [-0.15, -0.1) is 0 Å². The van der Waals surface area contributed by atoms with E-state index in [1.807, 2.05) is 0 Å². The van der Waals surface area contributed by atoms with E-state index in [0.29, 0.717) is 47.3 Å². The molecule has 16 nitrogen and oxygen atoms in total. The monoisotopic (exact) mass is 1080 g/mol. The van der Waals surface area contributed by atoms with Gasteiger partial charge in [0, 0.05) is 71.6 Å². The van der Waals surface area contributed by atoms with Gasteiger partial charge in [0.1, 0.15) is 46.8 Å². The van der Waals surface area contributed by atoms with Crippen molar-refractivity contribution in [3.8, 4) is 0 Å². The molecule has 4 aliphatic heterocycles. The summed E-state index contributed by atoms with van der Waals surface area (Å²) < 4.78 is 44.9. The Balaban J connectivity index is 0.0000000990. The Kier molecular flexibility index (Phi) is 12.8. The Morgan fingerprint density at radius 2 is 0.577 bits per heavy atom. The predicted octanol–water partition coefficient (Wildman–Crippen LogP) is 8.12. The fourth-order valence-electron chi connectivity index (χ4n) is 20.7. The Bertz CT molecular complexity index is 2570. The van der Waals surface area contributed by atoms with Gasteiger partial charge >= 0.3 is 47.8 Å². The maximum Gasteiger partial charge on any atom is 0.330 e. The van der Waals surface area contributed by atoms with Gasteiger partial charge in [0.25, 0.3) is 0 Å². The molecule has 78 heavy (non-hydrogen) atoms. The standard InChI is InChI=1S/C17H22O4.C16H20O4.C15H18O4.C14H16O4/c1-2-13(18)21-17(6-4-3-5-7-17)15-10-8-11-12(9-10)20-16(19)14(11)15;1-2-12(17)20-16(5-3-4-6-16)14-9-7-10-11(8-9)19-15(18)13(10)14;1-2-11(16)19-15(4-3-5-15)13-8-6-9-10(7-8)18-14(17)12(9)13;1-2-10(15)18-14(3-4-14)12-7-5-8-9(6-7)17-13(16)11(8)12/h2,10-12,14-15H,1,3-9H2;2,9-11,13-14H,1,3-8H2;2,8-10,12-13H,1,3-7H2;2,7-9,11-12H,1,3-6H2. The van der Waals surface area contributed by atoms with Crippen molar-refractivity contribution < 1.29 is 76.3 Å². The number of hydrogen-bond acceptors (Lipinski definition) is 16. The molecule has 16 rings (SSSR count). The number of fused-ring (bicyclic) bond motifs is 4. The first-order valence-corrected chi connectivity index (χ1v) is 29.8. The van der Waals surface area contributed by atoms with Crippen molar-refractivity contribution >= 4 is 47.8 Å². The molecule has 16 fully saturated rings. The lowest BCUT2D eigenvalue weighted by Crippen LogP contribution is -2.53. The second-order valence-electron chi connectivity index (χ2n) is 26.6. The molecule has 20 unspecified atom stereocenters. The van der Waals surface area contributed by atoms with Crippen LogP contribution in [0, 0.1) is 94.7 Å². The van der Waals surface area contributed by atoms with Gasteiger partial charge in [-0.2, -0.15) is 0 Å². The minimum Gasteiger partial charge on any atom is -0.462 e. The molecular weight excluding hydrogens is 1000 g/mol.